The third-order valence-corrected chi connectivity index (χ3v) is 5.48. The van der Waals surface area contributed by atoms with Gasteiger partial charge in [0.2, 0.25) is 0 Å². The quantitative estimate of drug-likeness (QED) is 0.335. The Morgan fingerprint density at radius 2 is 1.90 bits per heavy atom. The van der Waals surface area contributed by atoms with Crippen LogP contribution in [0.25, 0.3) is 22.4 Å². The molecule has 0 radical (unpaired) electrons. The first-order valence-corrected chi connectivity index (χ1v) is 10.2. The van der Waals surface area contributed by atoms with Crippen molar-refractivity contribution in [1.29, 1.82) is 0 Å². The van der Waals surface area contributed by atoms with Gasteiger partial charge < -0.3 is 14.8 Å². The maximum atomic E-state index is 13.6. The zero-order valence-electron chi connectivity index (χ0n) is 16.3. The van der Waals surface area contributed by atoms with E-state index in [2.05, 4.69) is 10.1 Å². The number of alkyl halides is 3. The molecular formula is C21H17Cl2F3N4O. The van der Waals surface area contributed by atoms with Gasteiger partial charge in [-0.15, -0.1) is 0 Å². The van der Waals surface area contributed by atoms with Gasteiger partial charge in [0.1, 0.15) is 0 Å². The van der Waals surface area contributed by atoms with Gasteiger partial charge >= 0.3 is 6.18 Å². The average molecular weight is 469 g/mol. The third-order valence-electron chi connectivity index (χ3n) is 4.92. The Balaban J connectivity index is 1.79. The molecule has 4 aromatic rings. The summed E-state index contributed by atoms with van der Waals surface area (Å²) in [6, 6.07) is 9.24. The number of nitrogen functional groups attached to an aromatic ring is 1. The zero-order chi connectivity index (χ0) is 22.3. The van der Waals surface area contributed by atoms with Crippen LogP contribution in [0.5, 0.6) is 0 Å². The largest absolute Gasteiger partial charge is 0.419 e. The smallest absolute Gasteiger partial charge is 0.398 e. The molecule has 0 unspecified atom stereocenters. The minimum Gasteiger partial charge on any atom is -0.398 e. The lowest BCUT2D eigenvalue weighted by atomic mass is 10.1. The second-order valence-electron chi connectivity index (χ2n) is 7.07. The number of nitrogens with two attached hydrogens (primary N) is 1. The summed E-state index contributed by atoms with van der Waals surface area (Å²) in [6.07, 6.45) is -3.23. The summed E-state index contributed by atoms with van der Waals surface area (Å²) in [4.78, 5) is 4.37. The van der Waals surface area contributed by atoms with Crippen molar-refractivity contribution in [1.82, 2.24) is 14.7 Å². The van der Waals surface area contributed by atoms with Crippen LogP contribution in [-0.4, -0.2) is 14.7 Å². The number of hydrogen-bond donors (Lipinski definition) is 1. The molecule has 0 fully saturated rings. The zero-order valence-corrected chi connectivity index (χ0v) is 17.8. The van der Waals surface area contributed by atoms with Gasteiger partial charge in [0.25, 0.3) is 5.89 Å². The van der Waals surface area contributed by atoms with Crippen molar-refractivity contribution in [3.63, 3.8) is 0 Å². The predicted molar refractivity (Wildman–Crippen MR) is 114 cm³/mol. The highest BCUT2D eigenvalue weighted by atomic mass is 35.5. The first kappa shape index (κ1) is 21.5. The molecule has 10 heteroatoms. The van der Waals surface area contributed by atoms with Gasteiger partial charge in [0.15, 0.2) is 5.82 Å². The molecule has 2 heterocycles. The Kier molecular flexibility index (Phi) is 5.61. The molecule has 0 amide bonds. The first-order valence-electron chi connectivity index (χ1n) is 9.44. The van der Waals surface area contributed by atoms with Crippen molar-refractivity contribution in [3.05, 3.63) is 63.5 Å². The van der Waals surface area contributed by atoms with Crippen molar-refractivity contribution in [3.8, 4) is 11.5 Å². The lowest BCUT2D eigenvalue weighted by Gasteiger charge is -2.12. The van der Waals surface area contributed by atoms with E-state index in [-0.39, 0.29) is 23.5 Å². The predicted octanol–water partition coefficient (Wildman–Crippen LogP) is 6.60. The van der Waals surface area contributed by atoms with Gasteiger partial charge in [-0.2, -0.15) is 18.2 Å². The van der Waals surface area contributed by atoms with Crippen LogP contribution in [0.2, 0.25) is 10.0 Å². The maximum absolute atomic E-state index is 13.6. The van der Waals surface area contributed by atoms with Gasteiger partial charge in [0.05, 0.1) is 22.7 Å². The number of aryl methyl sites for hydroxylation is 1. The summed E-state index contributed by atoms with van der Waals surface area (Å²) < 4.78 is 48.0. The van der Waals surface area contributed by atoms with Gasteiger partial charge in [0, 0.05) is 27.3 Å². The van der Waals surface area contributed by atoms with Crippen LogP contribution >= 0.6 is 23.2 Å². The highest BCUT2D eigenvalue weighted by Gasteiger charge is 2.36. The molecular weight excluding hydrogens is 452 g/mol. The fraction of sp³-hybridized carbons (Fsp3) is 0.238. The summed E-state index contributed by atoms with van der Waals surface area (Å²) in [7, 11) is 0. The normalized spacial score (nSPS) is 12.1. The molecule has 0 aliphatic heterocycles. The van der Waals surface area contributed by atoms with Crippen molar-refractivity contribution in [2.75, 3.05) is 5.73 Å². The standard InChI is InChI=1S/C21H17Cl2F3N4O/c1-2-3-12-9-14-17(7-6-16(27)19(14)21(24,25)26)30(12)10-18-28-20(31-29-18)13-8-11(22)4-5-15(13)23/h4-9H,2-3,10,27H2,1H3. The number of anilines is 1. The Morgan fingerprint density at radius 3 is 2.61 bits per heavy atom. The molecule has 0 bridgehead atoms. The highest BCUT2D eigenvalue weighted by molar-refractivity contribution is 6.35. The van der Waals surface area contributed by atoms with Gasteiger partial charge in [-0.05, 0) is 42.8 Å². The molecule has 2 N–H and O–H groups in total. The van der Waals surface area contributed by atoms with Crippen LogP contribution in [0.3, 0.4) is 0 Å². The Morgan fingerprint density at radius 1 is 1.13 bits per heavy atom. The summed E-state index contributed by atoms with van der Waals surface area (Å²) in [5, 5.41) is 4.88. The van der Waals surface area contributed by atoms with E-state index in [1.165, 1.54) is 12.1 Å². The molecule has 4 rings (SSSR count). The first-order chi connectivity index (χ1) is 14.7. The van der Waals surface area contributed by atoms with E-state index in [9.17, 15) is 13.2 Å². The molecule has 0 atom stereocenters. The lowest BCUT2D eigenvalue weighted by molar-refractivity contribution is -0.135. The van der Waals surface area contributed by atoms with E-state index in [1.807, 2.05) is 6.92 Å². The van der Waals surface area contributed by atoms with E-state index in [0.717, 1.165) is 12.1 Å². The molecule has 0 spiro atoms. The Hall–Kier alpha value is -2.71. The second kappa shape index (κ2) is 8.09. The minimum atomic E-state index is -4.57. The van der Waals surface area contributed by atoms with Crippen LogP contribution in [0.4, 0.5) is 18.9 Å². The molecule has 0 saturated carbocycles. The lowest BCUT2D eigenvalue weighted by Crippen LogP contribution is -2.10. The summed E-state index contributed by atoms with van der Waals surface area (Å²) in [5.41, 5.74) is 6.12. The van der Waals surface area contributed by atoms with Gasteiger partial charge in [-0.3, -0.25) is 0 Å². The summed E-state index contributed by atoms with van der Waals surface area (Å²) in [5.74, 6) is 0.475. The van der Waals surface area contributed by atoms with Crippen molar-refractivity contribution < 1.29 is 17.7 Å². The summed E-state index contributed by atoms with van der Waals surface area (Å²) in [6.45, 7) is 2.08. The maximum Gasteiger partial charge on any atom is 0.419 e. The molecule has 2 aromatic heterocycles. The number of aromatic nitrogens is 3. The van der Waals surface area contributed by atoms with Crippen LogP contribution in [0.15, 0.2) is 40.9 Å². The van der Waals surface area contributed by atoms with Crippen LogP contribution in [0.1, 0.15) is 30.4 Å². The van der Waals surface area contributed by atoms with E-state index < -0.39 is 11.7 Å². The SMILES string of the molecule is CCCc1cc2c(C(F)(F)F)c(N)ccc2n1Cc1noc(-c2cc(Cl)ccc2Cl)n1. The van der Waals surface area contributed by atoms with Gasteiger partial charge in [-0.1, -0.05) is 41.7 Å². The monoisotopic (exact) mass is 468 g/mol. The van der Waals surface area contributed by atoms with Gasteiger partial charge in [-0.25, -0.2) is 0 Å². The number of rotatable bonds is 5. The number of nitrogens with zero attached hydrogens (tertiary/aromatic N) is 3. The van der Waals surface area contributed by atoms with E-state index >= 15 is 0 Å². The number of fused-ring (bicyclic) bond motifs is 1. The fourth-order valence-electron chi connectivity index (χ4n) is 3.60. The third kappa shape index (κ3) is 4.09. The van der Waals surface area contributed by atoms with Crippen LogP contribution in [0, 0.1) is 0 Å². The van der Waals surface area contributed by atoms with Crippen molar-refractivity contribution in [2.45, 2.75) is 32.5 Å². The Labute approximate surface area is 185 Å². The molecule has 31 heavy (non-hydrogen) atoms. The summed E-state index contributed by atoms with van der Waals surface area (Å²) >= 11 is 12.2. The fourth-order valence-corrected chi connectivity index (χ4v) is 3.97. The minimum absolute atomic E-state index is 0.0533. The molecule has 5 nitrogen and oxygen atoms in total. The van der Waals surface area contributed by atoms with Crippen LogP contribution < -0.4 is 5.73 Å². The van der Waals surface area contributed by atoms with Crippen molar-refractivity contribution in [2.24, 2.45) is 0 Å². The molecule has 162 valence electrons. The second-order valence-corrected chi connectivity index (χ2v) is 7.92. The number of hydrogen-bond acceptors (Lipinski definition) is 4. The number of benzene rings is 2. The Bertz CT molecular complexity index is 1260. The molecule has 0 aliphatic rings. The van der Waals surface area contributed by atoms with E-state index in [1.54, 1.807) is 28.8 Å². The van der Waals surface area contributed by atoms with Crippen molar-refractivity contribution >= 4 is 39.8 Å². The molecule has 0 aliphatic carbocycles. The highest BCUT2D eigenvalue weighted by Crippen LogP contribution is 2.40. The topological polar surface area (TPSA) is 69.9 Å². The molecule has 2 aromatic carbocycles. The number of halogens is 5. The molecule has 0 saturated heterocycles. The van der Waals surface area contributed by atoms with E-state index in [0.29, 0.717) is 33.4 Å². The van der Waals surface area contributed by atoms with Crippen LogP contribution in [-0.2, 0) is 19.1 Å². The van der Waals surface area contributed by atoms with E-state index in [4.69, 9.17) is 33.5 Å². The average Bonchev–Trinajstić information content (AvgIpc) is 3.28.